The van der Waals surface area contributed by atoms with Gasteiger partial charge in [-0.3, -0.25) is 4.90 Å². The number of rotatable bonds is 7. The standard InChI is InChI=1S/C23H31N7O.HI/c1-3-24-23(29-13-11-28(12-14-29)18-21-15-19(2)31-27-21)26-16-22-25-9-10-30(22)17-20-7-5-4-6-8-20;/h4-10,15H,3,11-14,16-18H2,1-2H3,(H,24,26);1H. The second-order valence-electron chi connectivity index (χ2n) is 7.82. The van der Waals surface area contributed by atoms with Gasteiger partial charge in [0.05, 0.1) is 5.69 Å². The first-order valence-electron chi connectivity index (χ1n) is 10.9. The molecule has 0 spiro atoms. The van der Waals surface area contributed by atoms with Crippen LogP contribution in [0.25, 0.3) is 0 Å². The lowest BCUT2D eigenvalue weighted by atomic mass is 10.2. The first-order valence-corrected chi connectivity index (χ1v) is 10.9. The lowest BCUT2D eigenvalue weighted by Crippen LogP contribution is -2.52. The highest BCUT2D eigenvalue weighted by Crippen LogP contribution is 2.10. The number of aromatic nitrogens is 3. The molecule has 8 nitrogen and oxygen atoms in total. The van der Waals surface area contributed by atoms with Crippen LogP contribution in [0.5, 0.6) is 0 Å². The van der Waals surface area contributed by atoms with Crippen LogP contribution in [0.4, 0.5) is 0 Å². The van der Waals surface area contributed by atoms with Crippen molar-refractivity contribution in [2.75, 3.05) is 32.7 Å². The number of aryl methyl sites for hydroxylation is 1. The molecule has 0 atom stereocenters. The van der Waals surface area contributed by atoms with Crippen molar-refractivity contribution < 1.29 is 4.52 Å². The topological polar surface area (TPSA) is 74.7 Å². The maximum atomic E-state index is 5.19. The number of hydrogen-bond acceptors (Lipinski definition) is 5. The Morgan fingerprint density at radius 1 is 1.12 bits per heavy atom. The van der Waals surface area contributed by atoms with E-state index in [4.69, 9.17) is 9.52 Å². The van der Waals surface area contributed by atoms with Crippen LogP contribution in [0.1, 0.15) is 29.8 Å². The molecule has 0 saturated carbocycles. The molecule has 1 N–H and O–H groups in total. The maximum absolute atomic E-state index is 5.19. The van der Waals surface area contributed by atoms with Crippen molar-refractivity contribution in [3.8, 4) is 0 Å². The third kappa shape index (κ3) is 6.55. The Hall–Kier alpha value is -2.40. The van der Waals surface area contributed by atoms with Crippen molar-refractivity contribution >= 4 is 29.9 Å². The number of nitrogens with one attached hydrogen (secondary N) is 1. The molecule has 1 saturated heterocycles. The molecule has 1 aromatic carbocycles. The summed E-state index contributed by atoms with van der Waals surface area (Å²) in [6, 6.07) is 12.5. The number of halogens is 1. The summed E-state index contributed by atoms with van der Waals surface area (Å²) in [6.45, 7) is 10.9. The fourth-order valence-corrected chi connectivity index (χ4v) is 3.83. The highest BCUT2D eigenvalue weighted by atomic mass is 127. The average molecular weight is 549 g/mol. The van der Waals surface area contributed by atoms with Gasteiger partial charge in [0.25, 0.3) is 0 Å². The van der Waals surface area contributed by atoms with Gasteiger partial charge in [0.1, 0.15) is 18.1 Å². The van der Waals surface area contributed by atoms with E-state index in [2.05, 4.69) is 61.0 Å². The molecular weight excluding hydrogens is 517 g/mol. The van der Waals surface area contributed by atoms with Gasteiger partial charge in [0.15, 0.2) is 5.96 Å². The van der Waals surface area contributed by atoms with Crippen molar-refractivity contribution in [2.24, 2.45) is 4.99 Å². The molecule has 1 aliphatic rings. The molecule has 0 amide bonds. The van der Waals surface area contributed by atoms with Crippen LogP contribution >= 0.6 is 24.0 Å². The van der Waals surface area contributed by atoms with Crippen molar-refractivity contribution in [1.82, 2.24) is 29.8 Å². The van der Waals surface area contributed by atoms with Crippen LogP contribution in [-0.2, 0) is 19.6 Å². The van der Waals surface area contributed by atoms with Gasteiger partial charge >= 0.3 is 0 Å². The lowest BCUT2D eigenvalue weighted by molar-refractivity contribution is 0.169. The van der Waals surface area contributed by atoms with Gasteiger partial charge in [-0.05, 0) is 19.4 Å². The van der Waals surface area contributed by atoms with Gasteiger partial charge in [-0.2, -0.15) is 0 Å². The monoisotopic (exact) mass is 549 g/mol. The Bertz CT molecular complexity index is 977. The molecule has 0 radical (unpaired) electrons. The van der Waals surface area contributed by atoms with Crippen LogP contribution in [0, 0.1) is 6.92 Å². The lowest BCUT2D eigenvalue weighted by Gasteiger charge is -2.36. The summed E-state index contributed by atoms with van der Waals surface area (Å²) in [7, 11) is 0. The first-order chi connectivity index (χ1) is 15.2. The zero-order valence-electron chi connectivity index (χ0n) is 18.8. The Morgan fingerprint density at radius 3 is 2.59 bits per heavy atom. The molecule has 172 valence electrons. The van der Waals surface area contributed by atoms with Crippen molar-refractivity contribution in [2.45, 2.75) is 33.5 Å². The van der Waals surface area contributed by atoms with Crippen LogP contribution in [0.15, 0.2) is 58.3 Å². The zero-order chi connectivity index (χ0) is 21.5. The molecule has 0 aliphatic carbocycles. The molecule has 4 rings (SSSR count). The number of nitrogens with zero attached hydrogens (tertiary/aromatic N) is 6. The van der Waals surface area contributed by atoms with Crippen LogP contribution in [0.2, 0.25) is 0 Å². The Kier molecular flexibility index (Phi) is 9.10. The van der Waals surface area contributed by atoms with E-state index in [1.165, 1.54) is 5.56 Å². The predicted octanol–water partition coefficient (Wildman–Crippen LogP) is 3.13. The Labute approximate surface area is 206 Å². The minimum absolute atomic E-state index is 0. The fourth-order valence-electron chi connectivity index (χ4n) is 3.83. The molecule has 0 unspecified atom stereocenters. The first kappa shape index (κ1) is 24.2. The van der Waals surface area contributed by atoms with Gasteiger partial charge in [0.2, 0.25) is 0 Å². The van der Waals surface area contributed by atoms with E-state index in [-0.39, 0.29) is 24.0 Å². The summed E-state index contributed by atoms with van der Waals surface area (Å²) in [5.74, 6) is 2.79. The number of aliphatic imine (C=N–C) groups is 1. The minimum Gasteiger partial charge on any atom is -0.361 e. The normalized spacial score (nSPS) is 14.9. The summed E-state index contributed by atoms with van der Waals surface area (Å²) in [6.07, 6.45) is 3.88. The molecule has 1 aliphatic heterocycles. The quantitative estimate of drug-likeness (QED) is 0.278. The summed E-state index contributed by atoms with van der Waals surface area (Å²) < 4.78 is 7.35. The smallest absolute Gasteiger partial charge is 0.194 e. The second-order valence-corrected chi connectivity index (χ2v) is 7.82. The third-order valence-electron chi connectivity index (χ3n) is 5.44. The molecule has 32 heavy (non-hydrogen) atoms. The summed E-state index contributed by atoms with van der Waals surface area (Å²) in [4.78, 5) is 14.2. The number of piperazine rings is 1. The predicted molar refractivity (Wildman–Crippen MR) is 136 cm³/mol. The highest BCUT2D eigenvalue weighted by Gasteiger charge is 2.20. The molecule has 0 bridgehead atoms. The second kappa shape index (κ2) is 12.0. The van der Waals surface area contributed by atoms with E-state index >= 15 is 0 Å². The molecule has 3 aromatic rings. The summed E-state index contributed by atoms with van der Waals surface area (Å²) in [5, 5.41) is 7.56. The zero-order valence-corrected chi connectivity index (χ0v) is 21.1. The average Bonchev–Trinajstić information content (AvgIpc) is 3.41. The van der Waals surface area contributed by atoms with E-state index < -0.39 is 0 Å². The fraction of sp³-hybridized carbons (Fsp3) is 0.435. The van der Waals surface area contributed by atoms with Crippen LogP contribution in [-0.4, -0.2) is 63.2 Å². The van der Waals surface area contributed by atoms with E-state index in [1.807, 2.05) is 31.5 Å². The van der Waals surface area contributed by atoms with Gasteiger partial charge < -0.3 is 19.3 Å². The number of benzene rings is 1. The number of hydrogen-bond donors (Lipinski definition) is 1. The van der Waals surface area contributed by atoms with Gasteiger partial charge in [-0.25, -0.2) is 9.98 Å². The molecule has 3 heterocycles. The molecule has 2 aromatic heterocycles. The van der Waals surface area contributed by atoms with E-state index in [0.29, 0.717) is 6.54 Å². The van der Waals surface area contributed by atoms with E-state index in [1.54, 1.807) is 0 Å². The third-order valence-corrected chi connectivity index (χ3v) is 5.44. The van der Waals surface area contributed by atoms with Gasteiger partial charge in [-0.15, -0.1) is 24.0 Å². The van der Waals surface area contributed by atoms with Crippen LogP contribution < -0.4 is 5.32 Å². The molecule has 9 heteroatoms. The van der Waals surface area contributed by atoms with Gasteiger partial charge in [-0.1, -0.05) is 35.5 Å². The summed E-state index contributed by atoms with van der Waals surface area (Å²) in [5.41, 5.74) is 2.26. The van der Waals surface area contributed by atoms with Gasteiger partial charge in [0, 0.05) is 64.3 Å². The van der Waals surface area contributed by atoms with E-state index in [9.17, 15) is 0 Å². The SMILES string of the molecule is CCNC(=NCc1nccn1Cc1ccccc1)N1CCN(Cc2cc(C)on2)CC1.I. The van der Waals surface area contributed by atoms with Crippen molar-refractivity contribution in [3.05, 3.63) is 71.6 Å². The van der Waals surface area contributed by atoms with Crippen LogP contribution in [0.3, 0.4) is 0 Å². The minimum atomic E-state index is 0. The summed E-state index contributed by atoms with van der Waals surface area (Å²) >= 11 is 0. The molecule has 1 fully saturated rings. The Balaban J connectivity index is 0.00000289. The number of guanidine groups is 1. The Morgan fingerprint density at radius 2 is 1.91 bits per heavy atom. The van der Waals surface area contributed by atoms with Crippen molar-refractivity contribution in [1.29, 1.82) is 0 Å². The highest BCUT2D eigenvalue weighted by molar-refractivity contribution is 14.0. The largest absolute Gasteiger partial charge is 0.361 e. The van der Waals surface area contributed by atoms with Crippen molar-refractivity contribution in [3.63, 3.8) is 0 Å². The maximum Gasteiger partial charge on any atom is 0.194 e. The number of imidazole rings is 1. The van der Waals surface area contributed by atoms with E-state index in [0.717, 1.165) is 69.1 Å². The molecular formula is C23H32IN7O.